The van der Waals surface area contributed by atoms with Crippen LogP contribution in [0.1, 0.15) is 11.1 Å². The van der Waals surface area contributed by atoms with Crippen molar-refractivity contribution in [3.05, 3.63) is 62.7 Å². The molecule has 0 radical (unpaired) electrons. The van der Waals surface area contributed by atoms with Crippen molar-refractivity contribution < 1.29 is 14.5 Å². The Hall–Kier alpha value is -3.01. The van der Waals surface area contributed by atoms with E-state index in [0.29, 0.717) is 26.2 Å². The molecule has 1 fully saturated rings. The summed E-state index contributed by atoms with van der Waals surface area (Å²) >= 11 is 5.80. The first kappa shape index (κ1) is 23.6. The summed E-state index contributed by atoms with van der Waals surface area (Å²) < 4.78 is 0. The molecule has 170 valence electrons. The molecule has 0 aromatic heterocycles. The Morgan fingerprint density at radius 3 is 2.09 bits per heavy atom. The zero-order valence-electron chi connectivity index (χ0n) is 18.1. The standard InChI is InChI=1S/C22H26ClN5O4/c1-15-4-3-5-18(16(15)2)24-21(29)13-26-8-10-27(11-9-26)14-22(30)25-19-7-6-17(23)12-20(19)28(31)32/h3-7,12H,8-11,13-14H2,1-2H3,(H,24,29)(H,25,30). The second-order valence-electron chi connectivity index (χ2n) is 7.81. The Bertz CT molecular complexity index is 1020. The van der Waals surface area contributed by atoms with Crippen LogP contribution in [0, 0.1) is 24.0 Å². The van der Waals surface area contributed by atoms with Crippen molar-refractivity contribution >= 4 is 40.5 Å². The molecular weight excluding hydrogens is 434 g/mol. The molecule has 2 N–H and O–H groups in total. The molecule has 32 heavy (non-hydrogen) atoms. The van der Waals surface area contributed by atoms with Crippen molar-refractivity contribution in [3.8, 4) is 0 Å². The average molecular weight is 460 g/mol. The van der Waals surface area contributed by atoms with E-state index in [0.717, 1.165) is 16.8 Å². The molecule has 0 unspecified atom stereocenters. The van der Waals surface area contributed by atoms with Gasteiger partial charge in [-0.1, -0.05) is 23.7 Å². The molecule has 0 saturated carbocycles. The van der Waals surface area contributed by atoms with Crippen LogP contribution < -0.4 is 10.6 Å². The number of piperazine rings is 1. The van der Waals surface area contributed by atoms with E-state index in [2.05, 4.69) is 10.6 Å². The molecule has 10 heteroatoms. The minimum Gasteiger partial charge on any atom is -0.325 e. The zero-order valence-corrected chi connectivity index (χ0v) is 18.8. The Labute approximate surface area is 191 Å². The highest BCUT2D eigenvalue weighted by Crippen LogP contribution is 2.27. The summed E-state index contributed by atoms with van der Waals surface area (Å²) in [4.78, 5) is 39.4. The van der Waals surface area contributed by atoms with Crippen LogP contribution in [0.2, 0.25) is 5.02 Å². The summed E-state index contributed by atoms with van der Waals surface area (Å²) in [7, 11) is 0. The monoisotopic (exact) mass is 459 g/mol. The van der Waals surface area contributed by atoms with Crippen LogP contribution in [0.15, 0.2) is 36.4 Å². The molecule has 1 aliphatic heterocycles. The lowest BCUT2D eigenvalue weighted by Gasteiger charge is -2.33. The van der Waals surface area contributed by atoms with Gasteiger partial charge in [0.2, 0.25) is 11.8 Å². The van der Waals surface area contributed by atoms with Gasteiger partial charge >= 0.3 is 0 Å². The van der Waals surface area contributed by atoms with Crippen LogP contribution in [0.4, 0.5) is 17.1 Å². The number of carbonyl (C=O) groups is 2. The Morgan fingerprint density at radius 1 is 0.969 bits per heavy atom. The number of nitro groups is 1. The Balaban J connectivity index is 1.46. The number of amides is 2. The maximum absolute atomic E-state index is 12.4. The summed E-state index contributed by atoms with van der Waals surface area (Å²) in [5.41, 5.74) is 2.87. The van der Waals surface area contributed by atoms with Crippen molar-refractivity contribution in [2.24, 2.45) is 0 Å². The van der Waals surface area contributed by atoms with Gasteiger partial charge in [0.25, 0.3) is 5.69 Å². The maximum Gasteiger partial charge on any atom is 0.294 e. The number of aryl methyl sites for hydroxylation is 1. The molecule has 9 nitrogen and oxygen atoms in total. The van der Waals surface area contributed by atoms with E-state index in [1.54, 1.807) is 0 Å². The Kier molecular flexibility index (Phi) is 7.79. The fourth-order valence-corrected chi connectivity index (χ4v) is 3.71. The second kappa shape index (κ2) is 10.5. The third-order valence-electron chi connectivity index (χ3n) is 5.51. The van der Waals surface area contributed by atoms with Gasteiger partial charge in [-0.25, -0.2) is 0 Å². The van der Waals surface area contributed by atoms with Crippen molar-refractivity contribution in [3.63, 3.8) is 0 Å². The van der Waals surface area contributed by atoms with Gasteiger partial charge in [0.05, 0.1) is 18.0 Å². The van der Waals surface area contributed by atoms with Gasteiger partial charge in [0.15, 0.2) is 0 Å². The van der Waals surface area contributed by atoms with Gasteiger partial charge in [0.1, 0.15) is 5.69 Å². The van der Waals surface area contributed by atoms with Crippen LogP contribution in [-0.4, -0.2) is 65.8 Å². The number of halogens is 1. The second-order valence-corrected chi connectivity index (χ2v) is 8.25. The zero-order chi connectivity index (χ0) is 23.3. The third kappa shape index (κ3) is 6.25. The summed E-state index contributed by atoms with van der Waals surface area (Å²) in [6, 6.07) is 9.93. The minimum absolute atomic E-state index is 0.0695. The average Bonchev–Trinajstić information content (AvgIpc) is 2.74. The molecule has 0 spiro atoms. The molecule has 2 amide bonds. The molecule has 2 aromatic rings. The van der Waals surface area contributed by atoms with Crippen molar-refractivity contribution in [2.45, 2.75) is 13.8 Å². The van der Waals surface area contributed by atoms with Gasteiger partial charge in [-0.2, -0.15) is 0 Å². The summed E-state index contributed by atoms with van der Waals surface area (Å²) in [5, 5.41) is 16.9. The lowest BCUT2D eigenvalue weighted by atomic mass is 10.1. The van der Waals surface area contributed by atoms with Gasteiger partial charge in [0, 0.05) is 43.0 Å². The summed E-state index contributed by atoms with van der Waals surface area (Å²) in [5.74, 6) is -0.406. The maximum atomic E-state index is 12.4. The normalized spacial score (nSPS) is 14.7. The van der Waals surface area contributed by atoms with Crippen molar-refractivity contribution in [2.75, 3.05) is 49.9 Å². The quantitative estimate of drug-likeness (QED) is 0.486. The van der Waals surface area contributed by atoms with Crippen molar-refractivity contribution in [1.82, 2.24) is 9.80 Å². The molecule has 1 aliphatic rings. The van der Waals surface area contributed by atoms with E-state index in [9.17, 15) is 19.7 Å². The van der Waals surface area contributed by atoms with E-state index >= 15 is 0 Å². The third-order valence-corrected chi connectivity index (χ3v) is 5.74. The van der Waals surface area contributed by atoms with Crippen LogP contribution in [0.5, 0.6) is 0 Å². The molecule has 2 aromatic carbocycles. The highest BCUT2D eigenvalue weighted by Gasteiger charge is 2.22. The highest BCUT2D eigenvalue weighted by molar-refractivity contribution is 6.31. The van der Waals surface area contributed by atoms with Gasteiger partial charge in [-0.05, 0) is 43.2 Å². The van der Waals surface area contributed by atoms with Gasteiger partial charge in [-0.3, -0.25) is 29.5 Å². The van der Waals surface area contributed by atoms with E-state index in [-0.39, 0.29) is 41.3 Å². The first-order chi connectivity index (χ1) is 15.2. The number of carbonyl (C=O) groups excluding carboxylic acids is 2. The summed E-state index contributed by atoms with van der Waals surface area (Å²) in [6.45, 7) is 6.91. The predicted molar refractivity (Wildman–Crippen MR) is 124 cm³/mol. The molecule has 1 heterocycles. The van der Waals surface area contributed by atoms with E-state index < -0.39 is 4.92 Å². The number of nitrogens with one attached hydrogen (secondary N) is 2. The van der Waals surface area contributed by atoms with Crippen LogP contribution in [0.3, 0.4) is 0 Å². The largest absolute Gasteiger partial charge is 0.325 e. The lowest BCUT2D eigenvalue weighted by molar-refractivity contribution is -0.383. The lowest BCUT2D eigenvalue weighted by Crippen LogP contribution is -2.50. The fourth-order valence-electron chi connectivity index (χ4n) is 3.54. The van der Waals surface area contributed by atoms with Crippen LogP contribution >= 0.6 is 11.6 Å². The summed E-state index contributed by atoms with van der Waals surface area (Å²) in [6.07, 6.45) is 0. The smallest absolute Gasteiger partial charge is 0.294 e. The van der Waals surface area contributed by atoms with Crippen LogP contribution in [-0.2, 0) is 9.59 Å². The van der Waals surface area contributed by atoms with Crippen LogP contribution in [0.25, 0.3) is 0 Å². The molecular formula is C22H26ClN5O4. The topological polar surface area (TPSA) is 108 Å². The molecule has 0 bridgehead atoms. The number of hydrogen-bond acceptors (Lipinski definition) is 6. The predicted octanol–water partition coefficient (Wildman–Crippen LogP) is 3.06. The molecule has 1 saturated heterocycles. The number of nitrogens with zero attached hydrogens (tertiary/aromatic N) is 3. The number of hydrogen-bond donors (Lipinski definition) is 2. The Morgan fingerprint density at radius 2 is 1.53 bits per heavy atom. The highest BCUT2D eigenvalue weighted by atomic mass is 35.5. The van der Waals surface area contributed by atoms with Crippen molar-refractivity contribution in [1.29, 1.82) is 0 Å². The van der Waals surface area contributed by atoms with E-state index in [1.807, 2.05) is 41.8 Å². The minimum atomic E-state index is -0.580. The first-order valence-electron chi connectivity index (χ1n) is 10.3. The number of nitro benzene ring substituents is 1. The molecule has 0 atom stereocenters. The number of anilines is 2. The SMILES string of the molecule is Cc1cccc(NC(=O)CN2CCN(CC(=O)Nc3ccc(Cl)cc3[N+](=O)[O-])CC2)c1C. The van der Waals surface area contributed by atoms with Gasteiger partial charge in [-0.15, -0.1) is 0 Å². The van der Waals surface area contributed by atoms with E-state index in [1.165, 1.54) is 18.2 Å². The fraction of sp³-hybridized carbons (Fsp3) is 0.364. The van der Waals surface area contributed by atoms with E-state index in [4.69, 9.17) is 11.6 Å². The number of benzene rings is 2. The van der Waals surface area contributed by atoms with Gasteiger partial charge < -0.3 is 10.6 Å². The molecule has 3 rings (SSSR count). The first-order valence-corrected chi connectivity index (χ1v) is 10.7. The number of rotatable bonds is 7. The molecule has 0 aliphatic carbocycles.